The zero-order valence-electron chi connectivity index (χ0n) is 18.1. The van der Waals surface area contributed by atoms with Gasteiger partial charge >= 0.3 is 12.1 Å². The van der Waals surface area contributed by atoms with Gasteiger partial charge in [-0.1, -0.05) is 6.92 Å². The molecule has 1 amide bonds. The standard InChI is InChI=1S/C21H26N4O7/c1-14(4-9-19(26)31-3)20(27)23-15(2)10-17-11-24(13-22-17)21(28)32-12-16-5-7-18(8-6-16)25(29)30/h5-8,11,13-15H,4,9-10,12H2,1-3H3,(H,23,27)/t14?,15-/m1/s1. The van der Waals surface area contributed by atoms with Crippen LogP contribution in [0.5, 0.6) is 0 Å². The Hall–Kier alpha value is -3.76. The van der Waals surface area contributed by atoms with Crippen molar-refractivity contribution in [1.29, 1.82) is 0 Å². The molecule has 0 bridgehead atoms. The smallest absolute Gasteiger partial charge is 0.419 e. The lowest BCUT2D eigenvalue weighted by molar-refractivity contribution is -0.384. The van der Waals surface area contributed by atoms with Crippen LogP contribution in [0, 0.1) is 16.0 Å². The number of rotatable bonds is 10. The van der Waals surface area contributed by atoms with E-state index in [0.29, 0.717) is 24.1 Å². The predicted molar refractivity (Wildman–Crippen MR) is 113 cm³/mol. The van der Waals surface area contributed by atoms with E-state index in [1.165, 1.54) is 48.5 Å². The summed E-state index contributed by atoms with van der Waals surface area (Å²) < 4.78 is 11.0. The number of non-ortho nitro benzene ring substituents is 1. The van der Waals surface area contributed by atoms with Crippen LogP contribution >= 0.6 is 0 Å². The van der Waals surface area contributed by atoms with E-state index in [0.717, 1.165) is 0 Å². The molecule has 0 fully saturated rings. The summed E-state index contributed by atoms with van der Waals surface area (Å²) >= 11 is 0. The molecule has 0 aliphatic rings. The summed E-state index contributed by atoms with van der Waals surface area (Å²) in [6, 6.07) is 5.47. The fourth-order valence-corrected chi connectivity index (χ4v) is 2.82. The van der Waals surface area contributed by atoms with E-state index < -0.39 is 11.0 Å². The highest BCUT2D eigenvalue weighted by Crippen LogP contribution is 2.13. The molecule has 11 nitrogen and oxygen atoms in total. The van der Waals surface area contributed by atoms with Gasteiger partial charge in [-0.15, -0.1) is 0 Å². The van der Waals surface area contributed by atoms with Crippen LogP contribution in [0.4, 0.5) is 10.5 Å². The molecular weight excluding hydrogens is 420 g/mol. The lowest BCUT2D eigenvalue weighted by Gasteiger charge is -2.16. The summed E-state index contributed by atoms with van der Waals surface area (Å²) in [7, 11) is 1.31. The average molecular weight is 446 g/mol. The first kappa shape index (κ1) is 24.5. The third-order valence-electron chi connectivity index (χ3n) is 4.72. The predicted octanol–water partition coefficient (Wildman–Crippen LogP) is 2.61. The number of nitro groups is 1. The number of esters is 1. The van der Waals surface area contributed by atoms with Crippen LogP contribution in [0.3, 0.4) is 0 Å². The van der Waals surface area contributed by atoms with E-state index in [2.05, 4.69) is 15.0 Å². The van der Waals surface area contributed by atoms with E-state index in [-0.39, 0.29) is 42.6 Å². The first-order valence-corrected chi connectivity index (χ1v) is 10.00. The Morgan fingerprint density at radius 2 is 1.91 bits per heavy atom. The number of ether oxygens (including phenoxy) is 2. The molecule has 0 saturated heterocycles. The monoisotopic (exact) mass is 446 g/mol. The molecule has 2 atom stereocenters. The zero-order valence-corrected chi connectivity index (χ0v) is 18.1. The molecule has 2 rings (SSSR count). The van der Waals surface area contributed by atoms with E-state index in [9.17, 15) is 24.5 Å². The summed E-state index contributed by atoms with van der Waals surface area (Å²) in [6.45, 7) is 3.51. The summed E-state index contributed by atoms with van der Waals surface area (Å²) in [6.07, 6.45) is 3.16. The van der Waals surface area contributed by atoms with Gasteiger partial charge in [-0.2, -0.15) is 0 Å². The maximum atomic E-state index is 12.2. The van der Waals surface area contributed by atoms with Crippen molar-refractivity contribution in [2.45, 2.75) is 45.8 Å². The first-order chi connectivity index (χ1) is 15.2. The molecule has 32 heavy (non-hydrogen) atoms. The Bertz CT molecular complexity index is 955. The molecular formula is C21H26N4O7. The number of imidazole rings is 1. The van der Waals surface area contributed by atoms with Gasteiger partial charge in [0.1, 0.15) is 12.9 Å². The summed E-state index contributed by atoms with van der Waals surface area (Å²) in [5.74, 6) is -0.879. The molecule has 172 valence electrons. The number of nitrogens with zero attached hydrogens (tertiary/aromatic N) is 3. The number of nitro benzene ring substituents is 1. The van der Waals surface area contributed by atoms with Crippen molar-refractivity contribution < 1.29 is 28.8 Å². The summed E-state index contributed by atoms with van der Waals surface area (Å²) in [5.41, 5.74) is 1.16. The number of benzene rings is 1. The third-order valence-corrected chi connectivity index (χ3v) is 4.72. The number of hydrogen-bond acceptors (Lipinski definition) is 8. The van der Waals surface area contributed by atoms with Crippen molar-refractivity contribution in [3.8, 4) is 0 Å². The van der Waals surface area contributed by atoms with E-state index in [1.54, 1.807) is 6.92 Å². The van der Waals surface area contributed by atoms with E-state index >= 15 is 0 Å². The number of aromatic nitrogens is 2. The van der Waals surface area contributed by atoms with Crippen molar-refractivity contribution in [2.24, 2.45) is 5.92 Å². The first-order valence-electron chi connectivity index (χ1n) is 10.00. The molecule has 1 aromatic heterocycles. The normalized spacial score (nSPS) is 12.5. The number of carbonyl (C=O) groups is 3. The highest BCUT2D eigenvalue weighted by atomic mass is 16.6. The summed E-state index contributed by atoms with van der Waals surface area (Å²) in [5, 5.41) is 13.5. The number of nitrogens with one attached hydrogen (secondary N) is 1. The van der Waals surface area contributed by atoms with Crippen molar-refractivity contribution in [1.82, 2.24) is 14.9 Å². The fourth-order valence-electron chi connectivity index (χ4n) is 2.82. The molecule has 0 aliphatic heterocycles. The number of hydrogen-bond donors (Lipinski definition) is 1. The Morgan fingerprint density at radius 3 is 2.53 bits per heavy atom. The highest BCUT2D eigenvalue weighted by Gasteiger charge is 2.18. The summed E-state index contributed by atoms with van der Waals surface area (Å²) in [4.78, 5) is 50.0. The van der Waals surface area contributed by atoms with Gasteiger partial charge in [-0.25, -0.2) is 14.3 Å². The van der Waals surface area contributed by atoms with Gasteiger partial charge in [0.2, 0.25) is 5.91 Å². The van der Waals surface area contributed by atoms with Crippen molar-refractivity contribution >= 4 is 23.7 Å². The fraction of sp³-hybridized carbons (Fsp3) is 0.429. The second-order valence-electron chi connectivity index (χ2n) is 7.38. The van der Waals surface area contributed by atoms with Crippen molar-refractivity contribution in [3.05, 3.63) is 58.2 Å². The SMILES string of the molecule is COC(=O)CCC(C)C(=O)N[C@H](C)Cc1cn(C(=O)OCc2ccc([N+](=O)[O-])cc2)cn1. The van der Waals surface area contributed by atoms with Crippen molar-refractivity contribution in [2.75, 3.05) is 7.11 Å². The Labute approximate surface area is 184 Å². The van der Waals surface area contributed by atoms with Gasteiger partial charge in [0.05, 0.1) is 17.7 Å². The number of methoxy groups -OCH3 is 1. The topological polar surface area (TPSA) is 143 Å². The van der Waals surface area contributed by atoms with Crippen LogP contribution in [0.15, 0.2) is 36.8 Å². The quantitative estimate of drug-likeness (QED) is 0.333. The maximum Gasteiger partial charge on any atom is 0.419 e. The molecule has 0 spiro atoms. The molecule has 1 N–H and O–H groups in total. The van der Waals surface area contributed by atoms with E-state index in [1.807, 2.05) is 6.92 Å². The van der Waals surface area contributed by atoms with Crippen LogP contribution in [-0.2, 0) is 32.1 Å². The zero-order chi connectivity index (χ0) is 23.7. The largest absolute Gasteiger partial charge is 0.469 e. The van der Waals surface area contributed by atoms with Gasteiger partial charge in [-0.05, 0) is 31.0 Å². The Morgan fingerprint density at radius 1 is 1.22 bits per heavy atom. The second kappa shape index (κ2) is 11.6. The third kappa shape index (κ3) is 7.49. The van der Waals surface area contributed by atoms with Crippen LogP contribution in [-0.4, -0.2) is 45.6 Å². The Kier molecular flexibility index (Phi) is 8.87. The second-order valence-corrected chi connectivity index (χ2v) is 7.38. The molecule has 1 aromatic carbocycles. The minimum Gasteiger partial charge on any atom is -0.469 e. The van der Waals surface area contributed by atoms with Crippen LogP contribution in [0.2, 0.25) is 0 Å². The molecule has 1 unspecified atom stereocenters. The maximum absolute atomic E-state index is 12.2. The molecule has 0 saturated carbocycles. The molecule has 2 aromatic rings. The van der Waals surface area contributed by atoms with Gasteiger partial charge in [0, 0.05) is 43.1 Å². The minimum atomic E-state index is -0.643. The molecule has 0 radical (unpaired) electrons. The Balaban J connectivity index is 1.80. The van der Waals surface area contributed by atoms with Crippen LogP contribution < -0.4 is 5.32 Å². The highest BCUT2D eigenvalue weighted by molar-refractivity contribution is 5.79. The minimum absolute atomic E-state index is 0.0414. The molecule has 0 aliphatic carbocycles. The lowest BCUT2D eigenvalue weighted by atomic mass is 10.0. The van der Waals surface area contributed by atoms with Gasteiger partial charge in [0.25, 0.3) is 5.69 Å². The van der Waals surface area contributed by atoms with Crippen LogP contribution in [0.25, 0.3) is 0 Å². The van der Waals surface area contributed by atoms with Gasteiger partial charge in [0.15, 0.2) is 0 Å². The average Bonchev–Trinajstić information content (AvgIpc) is 3.23. The van der Waals surface area contributed by atoms with Crippen molar-refractivity contribution in [3.63, 3.8) is 0 Å². The molecule has 1 heterocycles. The van der Waals surface area contributed by atoms with Gasteiger partial charge in [-0.3, -0.25) is 19.7 Å². The molecule has 11 heteroatoms. The van der Waals surface area contributed by atoms with E-state index in [4.69, 9.17) is 4.74 Å². The number of carbonyl (C=O) groups excluding carboxylic acids is 3. The van der Waals surface area contributed by atoms with Gasteiger partial charge < -0.3 is 14.8 Å². The van der Waals surface area contributed by atoms with Crippen LogP contribution in [0.1, 0.15) is 37.9 Å². The number of amides is 1. The lowest BCUT2D eigenvalue weighted by Crippen LogP contribution is -2.37.